The number of aromatic nitrogens is 1. The molecule has 0 amide bonds. The Balaban J connectivity index is 1.66. The molecule has 1 aromatic heterocycles. The maximum atomic E-state index is 5.42. The third-order valence-electron chi connectivity index (χ3n) is 5.18. The lowest BCUT2D eigenvalue weighted by Crippen LogP contribution is -2.18. The van der Waals surface area contributed by atoms with Crippen LogP contribution in [-0.4, -0.2) is 19.2 Å². The van der Waals surface area contributed by atoms with Crippen molar-refractivity contribution < 1.29 is 9.47 Å². The van der Waals surface area contributed by atoms with E-state index >= 15 is 0 Å². The van der Waals surface area contributed by atoms with E-state index in [0.29, 0.717) is 5.92 Å². The SMILES string of the molecule is COc1ccc(CC[C@H]2CCCC[C@H]2c2ccc[nH]2)cc1OC. The molecule has 1 fully saturated rings. The number of rotatable bonds is 6. The fourth-order valence-corrected chi connectivity index (χ4v) is 3.93. The molecule has 0 radical (unpaired) electrons. The first kappa shape index (κ1) is 16.0. The van der Waals surface area contributed by atoms with Gasteiger partial charge >= 0.3 is 0 Å². The summed E-state index contributed by atoms with van der Waals surface area (Å²) in [7, 11) is 3.38. The van der Waals surface area contributed by atoms with E-state index < -0.39 is 0 Å². The van der Waals surface area contributed by atoms with Crippen LogP contribution in [-0.2, 0) is 6.42 Å². The topological polar surface area (TPSA) is 34.2 Å². The molecule has 0 saturated heterocycles. The molecule has 1 aliphatic rings. The molecule has 23 heavy (non-hydrogen) atoms. The zero-order chi connectivity index (χ0) is 16.1. The highest BCUT2D eigenvalue weighted by Crippen LogP contribution is 2.40. The number of nitrogens with one attached hydrogen (secondary N) is 1. The predicted molar refractivity (Wildman–Crippen MR) is 93.4 cm³/mol. The molecule has 1 saturated carbocycles. The second kappa shape index (κ2) is 7.58. The molecule has 1 heterocycles. The van der Waals surface area contributed by atoms with Crippen molar-refractivity contribution in [3.63, 3.8) is 0 Å². The predicted octanol–water partition coefficient (Wildman–Crippen LogP) is 4.94. The van der Waals surface area contributed by atoms with Gasteiger partial charge in [-0.2, -0.15) is 0 Å². The number of hydrogen-bond donors (Lipinski definition) is 1. The van der Waals surface area contributed by atoms with Crippen LogP contribution < -0.4 is 9.47 Å². The van der Waals surface area contributed by atoms with Crippen molar-refractivity contribution in [3.8, 4) is 11.5 Å². The number of benzene rings is 1. The van der Waals surface area contributed by atoms with Crippen LogP contribution in [0.2, 0.25) is 0 Å². The summed E-state index contributed by atoms with van der Waals surface area (Å²) in [5.41, 5.74) is 2.75. The van der Waals surface area contributed by atoms with Crippen molar-refractivity contribution in [3.05, 3.63) is 47.8 Å². The molecule has 2 aromatic rings. The summed E-state index contributed by atoms with van der Waals surface area (Å²) in [5, 5.41) is 0. The highest BCUT2D eigenvalue weighted by molar-refractivity contribution is 5.42. The minimum atomic E-state index is 0.693. The zero-order valence-corrected chi connectivity index (χ0v) is 14.2. The van der Waals surface area contributed by atoms with E-state index in [1.54, 1.807) is 14.2 Å². The van der Waals surface area contributed by atoms with Crippen LogP contribution >= 0.6 is 0 Å². The number of aromatic amines is 1. The van der Waals surface area contributed by atoms with E-state index in [1.807, 2.05) is 6.07 Å². The smallest absolute Gasteiger partial charge is 0.160 e. The zero-order valence-electron chi connectivity index (χ0n) is 14.2. The van der Waals surface area contributed by atoms with Crippen LogP contribution in [0.3, 0.4) is 0 Å². The van der Waals surface area contributed by atoms with E-state index in [0.717, 1.165) is 23.8 Å². The van der Waals surface area contributed by atoms with Crippen molar-refractivity contribution in [2.75, 3.05) is 14.2 Å². The summed E-state index contributed by atoms with van der Waals surface area (Å²) in [6, 6.07) is 10.7. The van der Waals surface area contributed by atoms with Gasteiger partial charge in [-0.05, 0) is 61.4 Å². The molecular formula is C20H27NO2. The summed E-state index contributed by atoms with van der Waals surface area (Å²) in [5.74, 6) is 3.10. The average molecular weight is 313 g/mol. The summed E-state index contributed by atoms with van der Waals surface area (Å²) in [6.07, 6.45) is 9.77. The van der Waals surface area contributed by atoms with Crippen molar-refractivity contribution in [1.82, 2.24) is 4.98 Å². The molecule has 0 bridgehead atoms. The molecule has 0 aliphatic heterocycles. The fourth-order valence-electron chi connectivity index (χ4n) is 3.93. The largest absolute Gasteiger partial charge is 0.493 e. The Bertz CT molecular complexity index is 606. The van der Waals surface area contributed by atoms with Crippen LogP contribution in [0.4, 0.5) is 0 Å². The fraction of sp³-hybridized carbons (Fsp3) is 0.500. The van der Waals surface area contributed by atoms with Crippen LogP contribution in [0.5, 0.6) is 11.5 Å². The average Bonchev–Trinajstić information content (AvgIpc) is 3.14. The maximum absolute atomic E-state index is 5.42. The van der Waals surface area contributed by atoms with E-state index in [4.69, 9.17) is 9.47 Å². The number of aryl methyl sites for hydroxylation is 1. The van der Waals surface area contributed by atoms with Crippen molar-refractivity contribution in [1.29, 1.82) is 0 Å². The Morgan fingerprint density at radius 3 is 2.61 bits per heavy atom. The molecule has 2 atom stereocenters. The van der Waals surface area contributed by atoms with E-state index in [-0.39, 0.29) is 0 Å². The van der Waals surface area contributed by atoms with Gasteiger partial charge in [0.25, 0.3) is 0 Å². The molecule has 3 rings (SSSR count). The Morgan fingerprint density at radius 2 is 1.87 bits per heavy atom. The Kier molecular flexibility index (Phi) is 5.27. The Labute approximate surface area is 139 Å². The van der Waals surface area contributed by atoms with Gasteiger partial charge in [0, 0.05) is 17.8 Å². The third-order valence-corrected chi connectivity index (χ3v) is 5.18. The van der Waals surface area contributed by atoms with Gasteiger partial charge in [-0.1, -0.05) is 18.9 Å². The van der Waals surface area contributed by atoms with Crippen LogP contribution in [0.15, 0.2) is 36.5 Å². The number of methoxy groups -OCH3 is 2. The lowest BCUT2D eigenvalue weighted by molar-refractivity contribution is 0.287. The Hall–Kier alpha value is -1.90. The Morgan fingerprint density at radius 1 is 1.04 bits per heavy atom. The number of hydrogen-bond acceptors (Lipinski definition) is 2. The van der Waals surface area contributed by atoms with Crippen LogP contribution in [0.25, 0.3) is 0 Å². The van der Waals surface area contributed by atoms with Gasteiger partial charge in [0.2, 0.25) is 0 Å². The van der Waals surface area contributed by atoms with E-state index in [2.05, 4.69) is 35.4 Å². The van der Waals surface area contributed by atoms with Crippen LogP contribution in [0.1, 0.15) is 49.3 Å². The highest BCUT2D eigenvalue weighted by Gasteiger charge is 2.26. The molecule has 124 valence electrons. The molecule has 1 aliphatic carbocycles. The van der Waals surface area contributed by atoms with Gasteiger partial charge in [0.1, 0.15) is 0 Å². The van der Waals surface area contributed by atoms with Gasteiger partial charge in [-0.25, -0.2) is 0 Å². The van der Waals surface area contributed by atoms with Crippen molar-refractivity contribution in [2.24, 2.45) is 5.92 Å². The normalized spacial score (nSPS) is 21.1. The third kappa shape index (κ3) is 3.72. The van der Waals surface area contributed by atoms with E-state index in [1.165, 1.54) is 43.4 Å². The highest BCUT2D eigenvalue weighted by atomic mass is 16.5. The first-order valence-electron chi connectivity index (χ1n) is 8.66. The van der Waals surface area contributed by atoms with Gasteiger partial charge in [-0.15, -0.1) is 0 Å². The minimum absolute atomic E-state index is 0.693. The van der Waals surface area contributed by atoms with Crippen molar-refractivity contribution in [2.45, 2.75) is 44.4 Å². The minimum Gasteiger partial charge on any atom is -0.493 e. The molecule has 0 unspecified atom stereocenters. The summed E-state index contributed by atoms with van der Waals surface area (Å²) in [6.45, 7) is 0. The molecule has 0 spiro atoms. The standard InChI is InChI=1S/C20H27NO2/c1-22-19-12-10-15(14-20(19)23-2)9-11-16-6-3-4-7-17(16)18-8-5-13-21-18/h5,8,10,12-14,16-17,21H,3-4,6-7,9,11H2,1-2H3/t16-,17-/m1/s1. The van der Waals surface area contributed by atoms with Gasteiger partial charge in [0.05, 0.1) is 14.2 Å². The molecule has 3 heteroatoms. The lowest BCUT2D eigenvalue weighted by Gasteiger charge is -2.31. The van der Waals surface area contributed by atoms with Gasteiger partial charge < -0.3 is 14.5 Å². The van der Waals surface area contributed by atoms with Crippen molar-refractivity contribution >= 4 is 0 Å². The molecule has 1 N–H and O–H groups in total. The molecular weight excluding hydrogens is 286 g/mol. The first-order valence-corrected chi connectivity index (χ1v) is 8.66. The van der Waals surface area contributed by atoms with Gasteiger partial charge in [0.15, 0.2) is 11.5 Å². The lowest BCUT2D eigenvalue weighted by atomic mass is 9.75. The number of ether oxygens (including phenoxy) is 2. The summed E-state index contributed by atoms with van der Waals surface area (Å²) < 4.78 is 10.7. The molecule has 3 nitrogen and oxygen atoms in total. The summed E-state index contributed by atoms with van der Waals surface area (Å²) >= 11 is 0. The van der Waals surface area contributed by atoms with Crippen LogP contribution in [0, 0.1) is 5.92 Å². The first-order chi connectivity index (χ1) is 11.3. The summed E-state index contributed by atoms with van der Waals surface area (Å²) in [4.78, 5) is 3.43. The second-order valence-corrected chi connectivity index (χ2v) is 6.50. The quantitative estimate of drug-likeness (QED) is 0.819. The van der Waals surface area contributed by atoms with Gasteiger partial charge in [-0.3, -0.25) is 0 Å². The maximum Gasteiger partial charge on any atom is 0.160 e. The number of H-pyrrole nitrogens is 1. The monoisotopic (exact) mass is 313 g/mol. The van der Waals surface area contributed by atoms with E-state index in [9.17, 15) is 0 Å². The second-order valence-electron chi connectivity index (χ2n) is 6.50. The molecule has 1 aromatic carbocycles.